The highest BCUT2D eigenvalue weighted by Crippen LogP contribution is 2.28. The number of carbonyl (C=O) groups excluding carboxylic acids is 1. The van der Waals surface area contributed by atoms with Gasteiger partial charge in [0.25, 0.3) is 5.91 Å². The highest BCUT2D eigenvalue weighted by molar-refractivity contribution is 7.18. The molecule has 0 spiro atoms. The number of hydrogen-bond donors (Lipinski definition) is 2. The minimum absolute atomic E-state index is 0.243. The summed E-state index contributed by atoms with van der Waals surface area (Å²) in [4.78, 5) is 13.7. The van der Waals surface area contributed by atoms with E-state index in [4.69, 9.17) is 5.73 Å². The largest absolute Gasteiger partial charge is 0.380 e. The maximum absolute atomic E-state index is 12.2. The summed E-state index contributed by atoms with van der Waals surface area (Å²) in [5, 5.41) is 20.3. The Bertz CT molecular complexity index is 1090. The molecule has 4 rings (SSSR count). The lowest BCUT2D eigenvalue weighted by Crippen LogP contribution is -2.11. The zero-order valence-corrected chi connectivity index (χ0v) is 15.1. The van der Waals surface area contributed by atoms with Gasteiger partial charge >= 0.3 is 0 Å². The van der Waals surface area contributed by atoms with Crippen LogP contribution in [0, 0.1) is 6.92 Å². The first kappa shape index (κ1) is 16.9. The molecule has 0 aliphatic carbocycles. The molecule has 27 heavy (non-hydrogen) atoms. The van der Waals surface area contributed by atoms with Gasteiger partial charge in [0.1, 0.15) is 0 Å². The number of benzene rings is 2. The lowest BCUT2D eigenvalue weighted by atomic mass is 10.2. The SMILES string of the molecule is Cc1ccc(-n2nc(N)c(-c3nnc(NC(=O)c4ccccc4)s3)n2)cc1. The molecule has 0 fully saturated rings. The highest BCUT2D eigenvalue weighted by Gasteiger charge is 2.17. The fourth-order valence-corrected chi connectivity index (χ4v) is 3.12. The van der Waals surface area contributed by atoms with E-state index in [0.717, 1.165) is 11.3 Å². The maximum atomic E-state index is 12.2. The number of carbonyl (C=O) groups is 1. The molecule has 0 radical (unpaired) electrons. The van der Waals surface area contributed by atoms with E-state index in [0.29, 0.717) is 21.4 Å². The zero-order chi connectivity index (χ0) is 18.8. The van der Waals surface area contributed by atoms with E-state index >= 15 is 0 Å². The number of nitrogen functional groups attached to an aromatic ring is 1. The van der Waals surface area contributed by atoms with E-state index in [9.17, 15) is 4.79 Å². The van der Waals surface area contributed by atoms with Gasteiger partial charge in [-0.25, -0.2) is 0 Å². The topological polar surface area (TPSA) is 112 Å². The van der Waals surface area contributed by atoms with Crippen LogP contribution in [0.25, 0.3) is 16.4 Å². The van der Waals surface area contributed by atoms with Gasteiger partial charge in [0.05, 0.1) is 5.69 Å². The Kier molecular flexibility index (Phi) is 4.35. The van der Waals surface area contributed by atoms with Crippen molar-refractivity contribution in [3.63, 3.8) is 0 Å². The van der Waals surface area contributed by atoms with Crippen LogP contribution in [0.4, 0.5) is 10.9 Å². The Balaban J connectivity index is 1.56. The van der Waals surface area contributed by atoms with Crippen LogP contribution in [0.3, 0.4) is 0 Å². The summed E-state index contributed by atoms with van der Waals surface area (Å²) in [6, 6.07) is 16.6. The third kappa shape index (κ3) is 3.53. The number of aromatic nitrogens is 5. The molecular formula is C18H15N7OS. The Labute approximate surface area is 158 Å². The molecule has 2 heterocycles. The molecule has 9 heteroatoms. The van der Waals surface area contributed by atoms with Crippen LogP contribution in [-0.2, 0) is 0 Å². The van der Waals surface area contributed by atoms with Gasteiger partial charge in [-0.05, 0) is 31.2 Å². The van der Waals surface area contributed by atoms with E-state index in [1.54, 1.807) is 24.3 Å². The molecule has 0 saturated carbocycles. The summed E-state index contributed by atoms with van der Waals surface area (Å²) in [5.41, 5.74) is 8.90. The smallest absolute Gasteiger partial charge is 0.257 e. The molecule has 0 saturated heterocycles. The maximum Gasteiger partial charge on any atom is 0.257 e. The van der Waals surface area contributed by atoms with Crippen LogP contribution in [0.5, 0.6) is 0 Å². The van der Waals surface area contributed by atoms with Gasteiger partial charge in [-0.3, -0.25) is 10.1 Å². The van der Waals surface area contributed by atoms with Gasteiger partial charge < -0.3 is 5.73 Å². The highest BCUT2D eigenvalue weighted by atomic mass is 32.1. The van der Waals surface area contributed by atoms with Crippen LogP contribution in [0.15, 0.2) is 54.6 Å². The minimum atomic E-state index is -0.255. The van der Waals surface area contributed by atoms with Crippen molar-refractivity contribution in [1.29, 1.82) is 0 Å². The molecule has 0 aliphatic heterocycles. The molecule has 2 aromatic carbocycles. The fourth-order valence-electron chi connectivity index (χ4n) is 2.39. The Hall–Kier alpha value is -3.59. The molecule has 0 unspecified atom stereocenters. The molecule has 8 nitrogen and oxygen atoms in total. The average molecular weight is 377 g/mol. The van der Waals surface area contributed by atoms with Gasteiger partial charge in [0, 0.05) is 5.56 Å². The molecule has 0 bridgehead atoms. The number of nitrogens with one attached hydrogen (secondary N) is 1. The second-order valence-corrected chi connectivity index (χ2v) is 6.77. The van der Waals surface area contributed by atoms with Crippen molar-refractivity contribution in [3.05, 3.63) is 65.7 Å². The first-order chi connectivity index (χ1) is 13.1. The van der Waals surface area contributed by atoms with Crippen molar-refractivity contribution in [2.24, 2.45) is 0 Å². The zero-order valence-electron chi connectivity index (χ0n) is 14.3. The second-order valence-electron chi connectivity index (χ2n) is 5.79. The van der Waals surface area contributed by atoms with Gasteiger partial charge in [-0.1, -0.05) is 47.2 Å². The van der Waals surface area contributed by atoms with Crippen LogP contribution in [-0.4, -0.2) is 31.1 Å². The van der Waals surface area contributed by atoms with E-state index in [1.807, 2.05) is 37.3 Å². The third-order valence-corrected chi connectivity index (χ3v) is 4.63. The van der Waals surface area contributed by atoms with E-state index in [1.165, 1.54) is 16.1 Å². The summed E-state index contributed by atoms with van der Waals surface area (Å²) >= 11 is 1.18. The van der Waals surface area contributed by atoms with Crippen molar-refractivity contribution in [1.82, 2.24) is 25.2 Å². The van der Waals surface area contributed by atoms with Crippen molar-refractivity contribution in [2.45, 2.75) is 6.92 Å². The van der Waals surface area contributed by atoms with E-state index in [-0.39, 0.29) is 11.7 Å². The predicted octanol–water partition coefficient (Wildman–Crippen LogP) is 2.93. The van der Waals surface area contributed by atoms with Crippen LogP contribution < -0.4 is 11.1 Å². The molecule has 134 valence electrons. The molecule has 0 atom stereocenters. The third-order valence-electron chi connectivity index (χ3n) is 3.79. The summed E-state index contributed by atoms with van der Waals surface area (Å²) in [7, 11) is 0. The number of anilines is 2. The van der Waals surface area contributed by atoms with Crippen LogP contribution >= 0.6 is 11.3 Å². The number of amides is 1. The molecule has 0 aliphatic rings. The summed E-state index contributed by atoms with van der Waals surface area (Å²) < 4.78 is 0. The Morgan fingerprint density at radius 1 is 1.04 bits per heavy atom. The molecular weight excluding hydrogens is 362 g/mol. The minimum Gasteiger partial charge on any atom is -0.380 e. The number of aryl methyl sites for hydroxylation is 1. The van der Waals surface area contributed by atoms with E-state index in [2.05, 4.69) is 25.7 Å². The fraction of sp³-hybridized carbons (Fsp3) is 0.0556. The predicted molar refractivity (Wildman–Crippen MR) is 104 cm³/mol. The van der Waals surface area contributed by atoms with Gasteiger partial charge in [0.2, 0.25) is 5.13 Å². The van der Waals surface area contributed by atoms with E-state index < -0.39 is 0 Å². The van der Waals surface area contributed by atoms with Crippen molar-refractivity contribution < 1.29 is 4.79 Å². The first-order valence-corrected chi connectivity index (χ1v) is 8.92. The van der Waals surface area contributed by atoms with Crippen molar-refractivity contribution in [3.8, 4) is 16.4 Å². The number of nitrogens with two attached hydrogens (primary N) is 1. The quantitative estimate of drug-likeness (QED) is 0.565. The monoisotopic (exact) mass is 377 g/mol. The lowest BCUT2D eigenvalue weighted by Gasteiger charge is -1.99. The van der Waals surface area contributed by atoms with Gasteiger partial charge in [-0.15, -0.1) is 25.2 Å². The molecule has 1 amide bonds. The Morgan fingerprint density at radius 2 is 1.78 bits per heavy atom. The summed E-state index contributed by atoms with van der Waals surface area (Å²) in [5.74, 6) is -0.0118. The summed E-state index contributed by atoms with van der Waals surface area (Å²) in [6.07, 6.45) is 0. The van der Waals surface area contributed by atoms with Crippen LogP contribution in [0.1, 0.15) is 15.9 Å². The number of nitrogens with zero attached hydrogens (tertiary/aromatic N) is 5. The summed E-state index contributed by atoms with van der Waals surface area (Å²) in [6.45, 7) is 2.01. The standard InChI is InChI=1S/C18H15N7OS/c1-11-7-9-13(10-8-11)25-23-14(15(19)24-25)17-21-22-18(27-17)20-16(26)12-5-3-2-4-6-12/h2-10H,1H3,(H2,19,24)(H,20,22,26). The lowest BCUT2D eigenvalue weighted by molar-refractivity contribution is 0.102. The second kappa shape index (κ2) is 6.96. The Morgan fingerprint density at radius 3 is 2.52 bits per heavy atom. The average Bonchev–Trinajstić information content (AvgIpc) is 3.29. The first-order valence-electron chi connectivity index (χ1n) is 8.10. The van der Waals surface area contributed by atoms with Crippen molar-refractivity contribution >= 4 is 28.2 Å². The number of hydrogen-bond acceptors (Lipinski definition) is 7. The van der Waals surface area contributed by atoms with Crippen molar-refractivity contribution in [2.75, 3.05) is 11.1 Å². The van der Waals surface area contributed by atoms with Gasteiger partial charge in [-0.2, -0.15) is 0 Å². The number of rotatable bonds is 4. The molecule has 2 aromatic heterocycles. The van der Waals surface area contributed by atoms with Crippen LogP contribution in [0.2, 0.25) is 0 Å². The molecule has 3 N–H and O–H groups in total. The normalized spacial score (nSPS) is 10.7. The van der Waals surface area contributed by atoms with Gasteiger partial charge in [0.15, 0.2) is 16.5 Å². The molecule has 4 aromatic rings.